The molecular weight excluding hydrogens is 284 g/mol. The van der Waals surface area contributed by atoms with Gasteiger partial charge in [-0.1, -0.05) is 34.1 Å². The first kappa shape index (κ1) is 13.9. The van der Waals surface area contributed by atoms with Crippen molar-refractivity contribution in [1.29, 1.82) is 0 Å². The third-order valence-corrected chi connectivity index (χ3v) is 2.98. The number of benzene rings is 1. The van der Waals surface area contributed by atoms with Crippen LogP contribution in [0.15, 0.2) is 24.3 Å². The van der Waals surface area contributed by atoms with Crippen LogP contribution in [0.25, 0.3) is 0 Å². The molecule has 1 atom stereocenters. The maximum absolute atomic E-state index is 11.6. The van der Waals surface area contributed by atoms with E-state index in [9.17, 15) is 9.59 Å². The fraction of sp³-hybridized carbons (Fsp3) is 0.385. The van der Waals surface area contributed by atoms with Crippen LogP contribution in [0, 0.1) is 0 Å². The Hall–Kier alpha value is -1.16. The average molecular weight is 299 g/mol. The lowest BCUT2D eigenvalue weighted by Gasteiger charge is -2.11. The van der Waals surface area contributed by atoms with E-state index in [2.05, 4.69) is 15.9 Å². The maximum Gasteiger partial charge on any atom is 0.313 e. The summed E-state index contributed by atoms with van der Waals surface area (Å²) in [6.45, 7) is 3.91. The number of carbonyl (C=O) groups excluding carboxylic acids is 2. The van der Waals surface area contributed by atoms with Crippen molar-refractivity contribution in [3.8, 4) is 0 Å². The van der Waals surface area contributed by atoms with E-state index >= 15 is 0 Å². The van der Waals surface area contributed by atoms with E-state index in [0.29, 0.717) is 12.2 Å². The van der Waals surface area contributed by atoms with E-state index in [4.69, 9.17) is 4.74 Å². The topological polar surface area (TPSA) is 43.4 Å². The average Bonchev–Trinajstić information content (AvgIpc) is 2.37. The molecule has 0 fully saturated rings. The molecule has 92 valence electrons. The van der Waals surface area contributed by atoms with Gasteiger partial charge in [0.05, 0.1) is 17.9 Å². The van der Waals surface area contributed by atoms with E-state index in [1.807, 2.05) is 6.07 Å². The van der Waals surface area contributed by atoms with Gasteiger partial charge in [-0.2, -0.15) is 0 Å². The minimum Gasteiger partial charge on any atom is -0.466 e. The lowest BCUT2D eigenvalue weighted by molar-refractivity contribution is -0.144. The fourth-order valence-corrected chi connectivity index (χ4v) is 1.79. The summed E-state index contributed by atoms with van der Waals surface area (Å²) in [5.74, 6) is -0.614. The van der Waals surface area contributed by atoms with Crippen LogP contribution in [-0.4, -0.2) is 23.7 Å². The molecule has 0 spiro atoms. The van der Waals surface area contributed by atoms with Gasteiger partial charge in [0.25, 0.3) is 0 Å². The van der Waals surface area contributed by atoms with Crippen molar-refractivity contribution in [2.45, 2.75) is 19.8 Å². The number of ether oxygens (including phenoxy) is 1. The Balaban J connectivity index is 2.91. The molecule has 1 unspecified atom stereocenters. The Morgan fingerprint density at radius 3 is 2.71 bits per heavy atom. The van der Waals surface area contributed by atoms with Gasteiger partial charge in [-0.25, -0.2) is 0 Å². The van der Waals surface area contributed by atoms with E-state index in [1.165, 1.54) is 0 Å². The predicted octanol–water partition coefficient (Wildman–Crippen LogP) is 2.93. The summed E-state index contributed by atoms with van der Waals surface area (Å²) >= 11 is 3.13. The monoisotopic (exact) mass is 298 g/mol. The zero-order valence-electron chi connectivity index (χ0n) is 9.90. The van der Waals surface area contributed by atoms with Gasteiger partial charge in [-0.3, -0.25) is 9.59 Å². The van der Waals surface area contributed by atoms with Crippen LogP contribution in [0.4, 0.5) is 0 Å². The Morgan fingerprint density at radius 1 is 1.41 bits per heavy atom. The maximum atomic E-state index is 11.6. The van der Waals surface area contributed by atoms with Gasteiger partial charge in [0.1, 0.15) is 0 Å². The summed E-state index contributed by atoms with van der Waals surface area (Å²) in [4.78, 5) is 23.1. The van der Waals surface area contributed by atoms with Crippen molar-refractivity contribution < 1.29 is 14.3 Å². The summed E-state index contributed by atoms with van der Waals surface area (Å²) in [6, 6.07) is 7.09. The molecule has 3 nitrogen and oxygen atoms in total. The number of alkyl halides is 1. The first-order valence-corrected chi connectivity index (χ1v) is 6.58. The van der Waals surface area contributed by atoms with E-state index < -0.39 is 0 Å². The van der Waals surface area contributed by atoms with Crippen LogP contribution >= 0.6 is 15.9 Å². The highest BCUT2D eigenvalue weighted by atomic mass is 79.9. The number of ketones is 1. The molecule has 1 aromatic rings. The Morgan fingerprint density at radius 2 is 2.12 bits per heavy atom. The second-order valence-electron chi connectivity index (χ2n) is 3.66. The van der Waals surface area contributed by atoms with Crippen LogP contribution in [0.3, 0.4) is 0 Å². The summed E-state index contributed by atoms with van der Waals surface area (Å²) in [5, 5.41) is 0.282. The first-order chi connectivity index (χ1) is 8.10. The predicted molar refractivity (Wildman–Crippen MR) is 69.6 cm³/mol. The lowest BCUT2D eigenvalue weighted by atomic mass is 9.98. The molecule has 17 heavy (non-hydrogen) atoms. The number of hydrogen-bond acceptors (Lipinski definition) is 3. The molecule has 0 heterocycles. The van der Waals surface area contributed by atoms with Gasteiger partial charge in [0.15, 0.2) is 5.78 Å². The smallest absolute Gasteiger partial charge is 0.313 e. The first-order valence-electron chi connectivity index (χ1n) is 5.46. The minimum atomic E-state index is -0.349. The summed E-state index contributed by atoms with van der Waals surface area (Å²) in [7, 11) is 0. The number of halogens is 1. The van der Waals surface area contributed by atoms with Crippen LogP contribution < -0.4 is 0 Å². The zero-order chi connectivity index (χ0) is 12.8. The molecule has 0 aliphatic rings. The molecule has 0 radical (unpaired) electrons. The summed E-state index contributed by atoms with van der Waals surface area (Å²) in [5.41, 5.74) is 1.41. The van der Waals surface area contributed by atoms with E-state index in [0.717, 1.165) is 5.56 Å². The fourth-order valence-electron chi connectivity index (χ4n) is 1.46. The molecule has 0 saturated heterocycles. The molecule has 0 N–H and O–H groups in total. The van der Waals surface area contributed by atoms with Crippen LogP contribution in [0.2, 0.25) is 0 Å². The van der Waals surface area contributed by atoms with Crippen molar-refractivity contribution in [1.82, 2.24) is 0 Å². The third kappa shape index (κ3) is 3.66. The molecule has 0 aliphatic carbocycles. The quantitative estimate of drug-likeness (QED) is 0.477. The highest BCUT2D eigenvalue weighted by molar-refractivity contribution is 9.09. The molecule has 0 amide bonds. The SMILES string of the molecule is CCOC(=O)C(C)c1cccc(C(=O)CBr)c1. The van der Waals surface area contributed by atoms with Crippen molar-refractivity contribution in [3.05, 3.63) is 35.4 Å². The molecule has 0 aromatic heterocycles. The second-order valence-corrected chi connectivity index (χ2v) is 4.22. The van der Waals surface area contributed by atoms with Crippen molar-refractivity contribution in [2.75, 3.05) is 11.9 Å². The number of esters is 1. The Kier molecular flexibility index (Phi) is 5.35. The highest BCUT2D eigenvalue weighted by Gasteiger charge is 2.17. The van der Waals surface area contributed by atoms with Crippen molar-refractivity contribution >= 4 is 27.7 Å². The van der Waals surface area contributed by atoms with Crippen LogP contribution in [0.5, 0.6) is 0 Å². The molecule has 4 heteroatoms. The van der Waals surface area contributed by atoms with Crippen molar-refractivity contribution in [3.63, 3.8) is 0 Å². The van der Waals surface area contributed by atoms with Gasteiger partial charge < -0.3 is 4.74 Å². The Bertz CT molecular complexity index is 415. The molecule has 1 aromatic carbocycles. The van der Waals surface area contributed by atoms with Gasteiger partial charge in [0.2, 0.25) is 0 Å². The van der Waals surface area contributed by atoms with Gasteiger partial charge in [-0.15, -0.1) is 0 Å². The normalized spacial score (nSPS) is 11.9. The van der Waals surface area contributed by atoms with E-state index in [1.54, 1.807) is 32.0 Å². The van der Waals surface area contributed by atoms with Crippen LogP contribution in [0.1, 0.15) is 35.7 Å². The number of rotatable bonds is 5. The molecule has 0 aliphatic heterocycles. The number of carbonyl (C=O) groups is 2. The van der Waals surface area contributed by atoms with Crippen LogP contribution in [-0.2, 0) is 9.53 Å². The number of hydrogen-bond donors (Lipinski definition) is 0. The van der Waals surface area contributed by atoms with Gasteiger partial charge >= 0.3 is 5.97 Å². The largest absolute Gasteiger partial charge is 0.466 e. The van der Waals surface area contributed by atoms with Crippen molar-refractivity contribution in [2.24, 2.45) is 0 Å². The molecule has 1 rings (SSSR count). The second kappa shape index (κ2) is 6.55. The van der Waals surface area contributed by atoms with Gasteiger partial charge in [-0.05, 0) is 25.5 Å². The summed E-state index contributed by atoms with van der Waals surface area (Å²) < 4.78 is 4.95. The number of Topliss-reactive ketones (excluding diaryl/α,β-unsaturated/α-hetero) is 1. The molecular formula is C13H15BrO3. The Labute approximate surface area is 109 Å². The van der Waals surface area contributed by atoms with E-state index in [-0.39, 0.29) is 23.0 Å². The molecule has 0 saturated carbocycles. The van der Waals surface area contributed by atoms with Gasteiger partial charge in [0, 0.05) is 5.56 Å². The highest BCUT2D eigenvalue weighted by Crippen LogP contribution is 2.18. The minimum absolute atomic E-state index is 0.00269. The zero-order valence-corrected chi connectivity index (χ0v) is 11.5. The lowest BCUT2D eigenvalue weighted by Crippen LogP contribution is -2.13. The summed E-state index contributed by atoms with van der Waals surface area (Å²) in [6.07, 6.45) is 0. The molecule has 0 bridgehead atoms. The third-order valence-electron chi connectivity index (χ3n) is 2.47. The standard InChI is InChI=1S/C13H15BrO3/c1-3-17-13(16)9(2)10-5-4-6-11(7-10)12(15)8-14/h4-7,9H,3,8H2,1-2H3.